The number of halogens is 2. The van der Waals surface area contributed by atoms with Gasteiger partial charge in [-0.05, 0) is 97.8 Å². The number of unbranched alkanes of at least 4 members (excludes halogenated alkanes) is 18. The van der Waals surface area contributed by atoms with Gasteiger partial charge < -0.3 is 39.4 Å². The molecule has 414 valence electrons. The number of benzene rings is 5. The minimum Gasteiger partial charge on any atom is -0.492 e. The van der Waals surface area contributed by atoms with Gasteiger partial charge in [0.15, 0.2) is 0 Å². The second-order valence-corrected chi connectivity index (χ2v) is 20.5. The van der Waals surface area contributed by atoms with Crippen LogP contribution in [-0.4, -0.2) is 72.3 Å². The van der Waals surface area contributed by atoms with E-state index in [1.54, 1.807) is 36.4 Å². The van der Waals surface area contributed by atoms with Crippen molar-refractivity contribution in [3.8, 4) is 70.4 Å². The first-order valence-corrected chi connectivity index (χ1v) is 29.1. The van der Waals surface area contributed by atoms with Gasteiger partial charge in [-0.15, -0.1) is 0 Å². The number of rotatable bonds is 32. The van der Waals surface area contributed by atoms with Crippen LogP contribution >= 0.6 is 23.2 Å². The van der Waals surface area contributed by atoms with Crippen molar-refractivity contribution < 1.29 is 39.4 Å². The molecule has 0 aliphatic heterocycles. The summed E-state index contributed by atoms with van der Waals surface area (Å²) in [5.41, 5.74) is 6.16. The molecule has 2 unspecified atom stereocenters. The van der Waals surface area contributed by atoms with Crippen LogP contribution in [0.4, 0.5) is 0 Å². The molecule has 0 radical (unpaired) electrons. The number of hydrogen-bond acceptors (Lipinski definition) is 8. The molecule has 0 amide bonds. The molecule has 5 aromatic rings. The van der Waals surface area contributed by atoms with E-state index in [0.717, 1.165) is 59.1 Å². The standard InChI is InChI=1S/C68H80Cl2O8/c1-3-5-7-9-11-13-15-17-19-21-43-75-67-47-60(40-36-56-29-25-54(26-30-56)32-34-58-38-42-66(64(70)46-58)78-52-62(74)50-72)68(76-44-22-20-18-16-14-12-10-8-6-4-2)48-59(67)39-35-55-27-23-53(24-28-55)31-33-57-37-41-65(63(69)45-57)77-51-61(73)49-71/h23-30,37-38,41-42,45-48,61-62,71-74H,3-22,43-44,49-52H2,1-2H3. The molecule has 0 saturated heterocycles. The Bertz CT molecular complexity index is 2600. The van der Waals surface area contributed by atoms with Crippen molar-refractivity contribution in [2.45, 2.75) is 154 Å². The zero-order valence-electron chi connectivity index (χ0n) is 46.0. The fourth-order valence-corrected chi connectivity index (χ4v) is 8.72. The first-order chi connectivity index (χ1) is 38.2. The number of ether oxygens (including phenoxy) is 4. The highest BCUT2D eigenvalue weighted by Gasteiger charge is 2.13. The Morgan fingerprint density at radius 3 is 0.936 bits per heavy atom. The minimum absolute atomic E-state index is 0.0656. The van der Waals surface area contributed by atoms with Crippen LogP contribution in [0.1, 0.15) is 187 Å². The van der Waals surface area contributed by atoms with Gasteiger partial charge in [0, 0.05) is 45.5 Å². The Morgan fingerprint density at radius 2 is 0.628 bits per heavy atom. The molecule has 0 aliphatic carbocycles. The van der Waals surface area contributed by atoms with Crippen LogP contribution in [0.15, 0.2) is 97.1 Å². The topological polar surface area (TPSA) is 118 Å². The lowest BCUT2D eigenvalue weighted by atomic mass is 10.1. The normalized spacial score (nSPS) is 11.4. The molecule has 10 heteroatoms. The van der Waals surface area contributed by atoms with Crippen molar-refractivity contribution in [2.24, 2.45) is 0 Å². The predicted molar refractivity (Wildman–Crippen MR) is 318 cm³/mol. The highest BCUT2D eigenvalue weighted by atomic mass is 35.5. The SMILES string of the molecule is CCCCCCCCCCCCOc1cc(C#Cc2ccc(C#Cc3ccc(OCC(O)CO)c(Cl)c3)cc2)c(OCCCCCCCCCCCC)cc1C#Cc1ccc(C#Cc2ccc(OCC(O)CO)c(Cl)c2)cc1. The van der Waals surface area contributed by atoms with Gasteiger partial charge in [-0.25, -0.2) is 0 Å². The van der Waals surface area contributed by atoms with E-state index in [4.69, 9.17) is 52.4 Å². The Hall–Kier alpha value is -6.04. The van der Waals surface area contributed by atoms with E-state index >= 15 is 0 Å². The van der Waals surface area contributed by atoms with Gasteiger partial charge in [-0.1, -0.05) is 200 Å². The molecule has 2 atom stereocenters. The van der Waals surface area contributed by atoms with Crippen LogP contribution < -0.4 is 18.9 Å². The van der Waals surface area contributed by atoms with Gasteiger partial charge in [-0.2, -0.15) is 0 Å². The van der Waals surface area contributed by atoms with Gasteiger partial charge in [0.2, 0.25) is 0 Å². The summed E-state index contributed by atoms with van der Waals surface area (Å²) in [5.74, 6) is 28.4. The second kappa shape index (κ2) is 37.7. The zero-order valence-corrected chi connectivity index (χ0v) is 47.5. The summed E-state index contributed by atoms with van der Waals surface area (Å²) in [7, 11) is 0. The van der Waals surface area contributed by atoms with Crippen molar-refractivity contribution in [3.63, 3.8) is 0 Å². The number of aliphatic hydroxyl groups excluding tert-OH is 4. The third kappa shape index (κ3) is 24.7. The Labute approximate surface area is 476 Å². The summed E-state index contributed by atoms with van der Waals surface area (Å²) in [4.78, 5) is 0. The van der Waals surface area contributed by atoms with Gasteiger partial charge in [0.1, 0.15) is 48.4 Å². The van der Waals surface area contributed by atoms with Crippen LogP contribution in [0.2, 0.25) is 10.0 Å². The summed E-state index contributed by atoms with van der Waals surface area (Å²) < 4.78 is 24.2. The lowest BCUT2D eigenvalue weighted by Crippen LogP contribution is -2.21. The summed E-state index contributed by atoms with van der Waals surface area (Å²) in [6.45, 7) is 4.73. The quantitative estimate of drug-likeness (QED) is 0.0248. The molecular formula is C68H80Cl2O8. The lowest BCUT2D eigenvalue weighted by Gasteiger charge is -2.14. The van der Waals surface area contributed by atoms with E-state index in [-0.39, 0.29) is 13.2 Å². The molecule has 78 heavy (non-hydrogen) atoms. The smallest absolute Gasteiger partial charge is 0.138 e. The third-order valence-electron chi connectivity index (χ3n) is 12.9. The van der Waals surface area contributed by atoms with Gasteiger partial charge >= 0.3 is 0 Å². The summed E-state index contributed by atoms with van der Waals surface area (Å²) in [6.07, 6.45) is 22.8. The number of aliphatic hydroxyl groups is 4. The largest absolute Gasteiger partial charge is 0.492 e. The molecule has 0 heterocycles. The van der Waals surface area contributed by atoms with E-state index in [0.29, 0.717) is 57.4 Å². The Kier molecular flexibility index (Phi) is 30.4. The molecule has 4 N–H and O–H groups in total. The van der Waals surface area contributed by atoms with Gasteiger partial charge in [-0.3, -0.25) is 0 Å². The van der Waals surface area contributed by atoms with Crippen LogP contribution in [0.3, 0.4) is 0 Å². The highest BCUT2D eigenvalue weighted by molar-refractivity contribution is 6.32. The van der Waals surface area contributed by atoms with E-state index in [1.807, 2.05) is 60.7 Å². The molecular weight excluding hydrogens is 1020 g/mol. The molecule has 0 saturated carbocycles. The van der Waals surface area contributed by atoms with Crippen molar-refractivity contribution in [2.75, 3.05) is 39.6 Å². The average Bonchev–Trinajstić information content (AvgIpc) is 3.46. The Balaban J connectivity index is 1.35. The average molecular weight is 1100 g/mol. The maximum Gasteiger partial charge on any atom is 0.138 e. The van der Waals surface area contributed by atoms with Crippen LogP contribution in [0, 0.1) is 47.4 Å². The van der Waals surface area contributed by atoms with Gasteiger partial charge in [0.05, 0.1) is 47.6 Å². The molecule has 0 bridgehead atoms. The first kappa shape index (κ1) is 62.8. The highest BCUT2D eigenvalue weighted by Crippen LogP contribution is 2.31. The van der Waals surface area contributed by atoms with E-state index in [9.17, 15) is 10.2 Å². The zero-order chi connectivity index (χ0) is 55.4. The summed E-state index contributed by atoms with van der Waals surface area (Å²) in [5, 5.41) is 38.2. The fourth-order valence-electron chi connectivity index (χ4n) is 8.25. The summed E-state index contributed by atoms with van der Waals surface area (Å²) >= 11 is 12.8. The van der Waals surface area contributed by atoms with Crippen molar-refractivity contribution >= 4 is 23.2 Å². The molecule has 0 spiro atoms. The minimum atomic E-state index is -0.988. The molecule has 0 aliphatic rings. The monoisotopic (exact) mass is 1090 g/mol. The van der Waals surface area contributed by atoms with E-state index < -0.39 is 25.4 Å². The molecule has 0 aromatic heterocycles. The maximum atomic E-state index is 9.63. The van der Waals surface area contributed by atoms with E-state index in [1.165, 1.54) is 103 Å². The summed E-state index contributed by atoms with van der Waals surface area (Å²) in [6, 6.07) is 30.0. The second-order valence-electron chi connectivity index (χ2n) is 19.6. The van der Waals surface area contributed by atoms with Crippen molar-refractivity contribution in [1.82, 2.24) is 0 Å². The lowest BCUT2D eigenvalue weighted by molar-refractivity contribution is 0.0536. The van der Waals surface area contributed by atoms with Crippen LogP contribution in [0.5, 0.6) is 23.0 Å². The Morgan fingerprint density at radius 1 is 0.346 bits per heavy atom. The molecule has 8 nitrogen and oxygen atoms in total. The molecule has 0 fully saturated rings. The third-order valence-corrected chi connectivity index (χ3v) is 13.5. The molecule has 5 aromatic carbocycles. The van der Waals surface area contributed by atoms with Gasteiger partial charge in [0.25, 0.3) is 0 Å². The first-order valence-electron chi connectivity index (χ1n) is 28.3. The predicted octanol–water partition coefficient (Wildman–Crippen LogP) is 14.7. The van der Waals surface area contributed by atoms with Crippen molar-refractivity contribution in [3.05, 3.63) is 152 Å². The van der Waals surface area contributed by atoms with E-state index in [2.05, 4.69) is 61.2 Å². The van der Waals surface area contributed by atoms with Crippen LogP contribution in [-0.2, 0) is 0 Å². The maximum absolute atomic E-state index is 9.63. The van der Waals surface area contributed by atoms with Crippen LogP contribution in [0.25, 0.3) is 0 Å². The van der Waals surface area contributed by atoms with Crippen molar-refractivity contribution in [1.29, 1.82) is 0 Å². The fraction of sp³-hybridized carbons (Fsp3) is 0.441. The number of hydrogen-bond donors (Lipinski definition) is 4. The molecule has 5 rings (SSSR count).